The van der Waals surface area contributed by atoms with E-state index >= 15 is 0 Å². The predicted molar refractivity (Wildman–Crippen MR) is 142 cm³/mol. The Bertz CT molecular complexity index is 1490. The van der Waals surface area contributed by atoms with Gasteiger partial charge >= 0.3 is 5.97 Å². The Balaban J connectivity index is 1.55. The first kappa shape index (κ1) is 24.2. The standard InChI is InChI=1S/C26H27N7O4/c1-31-8-10-33(11-9-31)22-13-23(37-3)20(12-19(22)30-36)28-26-27-14-17(25(34)35)24(29-26)18-15-32(2)21-7-5-4-6-16(18)21/h4-7,12-15H,8-11H2,1-3H3,(H,34,35)(H,27,28,29). The molecule has 4 aromatic rings. The topological polar surface area (TPSA) is 125 Å². The van der Waals surface area contributed by atoms with E-state index in [4.69, 9.17) is 4.74 Å². The first-order chi connectivity index (χ1) is 17.9. The van der Waals surface area contributed by atoms with Crippen molar-refractivity contribution in [2.24, 2.45) is 12.2 Å². The average molecular weight is 502 g/mol. The van der Waals surface area contributed by atoms with Gasteiger partial charge in [-0.05, 0) is 24.4 Å². The summed E-state index contributed by atoms with van der Waals surface area (Å²) < 4.78 is 7.54. The van der Waals surface area contributed by atoms with Crippen LogP contribution in [0, 0.1) is 4.91 Å². The summed E-state index contributed by atoms with van der Waals surface area (Å²) in [5.74, 6) is -0.481. The Morgan fingerprint density at radius 1 is 1.14 bits per heavy atom. The summed E-state index contributed by atoms with van der Waals surface area (Å²) in [7, 11) is 5.50. The summed E-state index contributed by atoms with van der Waals surface area (Å²) >= 11 is 0. The number of ether oxygens (including phenoxy) is 1. The maximum Gasteiger partial charge on any atom is 0.339 e. The van der Waals surface area contributed by atoms with Gasteiger partial charge in [0.1, 0.15) is 17.0 Å². The van der Waals surface area contributed by atoms with Crippen LogP contribution in [0.3, 0.4) is 0 Å². The van der Waals surface area contributed by atoms with Crippen LogP contribution in [0.15, 0.2) is 54.0 Å². The first-order valence-corrected chi connectivity index (χ1v) is 11.8. The zero-order chi connectivity index (χ0) is 26.1. The zero-order valence-electron chi connectivity index (χ0n) is 20.8. The lowest BCUT2D eigenvalue weighted by atomic mass is 10.1. The molecule has 0 atom stereocenters. The summed E-state index contributed by atoms with van der Waals surface area (Å²) in [6.45, 7) is 3.29. The van der Waals surface area contributed by atoms with Crippen LogP contribution in [0.25, 0.3) is 22.2 Å². The summed E-state index contributed by atoms with van der Waals surface area (Å²) in [6, 6.07) is 11.1. The number of aromatic nitrogens is 3. The van der Waals surface area contributed by atoms with Crippen LogP contribution >= 0.6 is 0 Å². The van der Waals surface area contributed by atoms with E-state index in [1.54, 1.807) is 12.1 Å². The summed E-state index contributed by atoms with van der Waals surface area (Å²) in [5.41, 5.74) is 3.30. The van der Waals surface area contributed by atoms with E-state index in [0.29, 0.717) is 22.7 Å². The van der Waals surface area contributed by atoms with Crippen LogP contribution in [0.4, 0.5) is 23.0 Å². The van der Waals surface area contributed by atoms with E-state index < -0.39 is 5.97 Å². The van der Waals surface area contributed by atoms with Crippen molar-refractivity contribution in [3.05, 3.63) is 59.3 Å². The van der Waals surface area contributed by atoms with Crippen LogP contribution in [-0.4, -0.2) is 70.8 Å². The third kappa shape index (κ3) is 4.56. The molecule has 5 rings (SSSR count). The Labute approximate surface area is 213 Å². The minimum Gasteiger partial charge on any atom is -0.494 e. The minimum atomic E-state index is -1.13. The molecule has 0 aliphatic carbocycles. The molecule has 0 bridgehead atoms. The number of anilines is 3. The van der Waals surface area contributed by atoms with Crippen LogP contribution in [0.1, 0.15) is 10.4 Å². The van der Waals surface area contributed by atoms with Gasteiger partial charge in [-0.2, -0.15) is 0 Å². The lowest BCUT2D eigenvalue weighted by Gasteiger charge is -2.34. The highest BCUT2D eigenvalue weighted by Gasteiger charge is 2.22. The molecule has 1 saturated heterocycles. The van der Waals surface area contributed by atoms with E-state index in [1.165, 1.54) is 13.3 Å². The second-order valence-corrected chi connectivity index (χ2v) is 8.98. The maximum atomic E-state index is 12.0. The van der Waals surface area contributed by atoms with Crippen molar-refractivity contribution in [1.82, 2.24) is 19.4 Å². The highest BCUT2D eigenvalue weighted by molar-refractivity contribution is 6.02. The van der Waals surface area contributed by atoms with E-state index in [0.717, 1.165) is 37.1 Å². The second-order valence-electron chi connectivity index (χ2n) is 8.98. The van der Waals surface area contributed by atoms with Gasteiger partial charge in [0.15, 0.2) is 0 Å². The smallest absolute Gasteiger partial charge is 0.339 e. The molecule has 1 aliphatic rings. The van der Waals surface area contributed by atoms with E-state index in [-0.39, 0.29) is 22.9 Å². The number of rotatable bonds is 7. The van der Waals surface area contributed by atoms with Gasteiger partial charge in [-0.15, -0.1) is 4.91 Å². The SMILES string of the molecule is COc1cc(N2CCN(C)CC2)c(N=O)cc1Nc1ncc(C(=O)O)c(-c2cn(C)c3ccccc23)n1. The molecule has 0 amide bonds. The van der Waals surface area contributed by atoms with Crippen molar-refractivity contribution in [3.63, 3.8) is 0 Å². The van der Waals surface area contributed by atoms with Crippen molar-refractivity contribution in [3.8, 4) is 17.0 Å². The minimum absolute atomic E-state index is 0.0190. The largest absolute Gasteiger partial charge is 0.494 e. The molecule has 0 saturated carbocycles. The molecule has 1 fully saturated rings. The van der Waals surface area contributed by atoms with Gasteiger partial charge in [0.2, 0.25) is 5.95 Å². The average Bonchev–Trinajstić information content (AvgIpc) is 3.25. The number of nitrogens with zero attached hydrogens (tertiary/aromatic N) is 6. The molecule has 2 N–H and O–H groups in total. The number of piperazine rings is 1. The van der Waals surface area contributed by atoms with Crippen molar-refractivity contribution in [1.29, 1.82) is 0 Å². The maximum absolute atomic E-state index is 12.0. The molecule has 1 aliphatic heterocycles. The number of hydrogen-bond donors (Lipinski definition) is 2. The van der Waals surface area contributed by atoms with Gasteiger partial charge < -0.3 is 29.5 Å². The second kappa shape index (κ2) is 9.86. The quantitative estimate of drug-likeness (QED) is 0.358. The number of hydrogen-bond acceptors (Lipinski definition) is 9. The first-order valence-electron chi connectivity index (χ1n) is 11.8. The zero-order valence-corrected chi connectivity index (χ0v) is 20.8. The molecule has 3 heterocycles. The van der Waals surface area contributed by atoms with Gasteiger partial charge in [-0.25, -0.2) is 14.8 Å². The number of nitroso groups, excluding NO2 is 1. The monoisotopic (exact) mass is 501 g/mol. The fraction of sp³-hybridized carbons (Fsp3) is 0.269. The molecule has 0 spiro atoms. The lowest BCUT2D eigenvalue weighted by Crippen LogP contribution is -2.44. The summed E-state index contributed by atoms with van der Waals surface area (Å²) in [4.78, 5) is 36.9. The molecule has 2 aromatic carbocycles. The Morgan fingerprint density at radius 2 is 1.89 bits per heavy atom. The number of aromatic carboxylic acids is 1. The van der Waals surface area contributed by atoms with Crippen molar-refractivity contribution < 1.29 is 14.6 Å². The number of benzene rings is 2. The number of nitrogens with one attached hydrogen (secondary N) is 1. The molecular formula is C26H27N7O4. The predicted octanol–water partition coefficient (Wildman–Crippen LogP) is 4.24. The van der Waals surface area contributed by atoms with Gasteiger partial charge in [-0.1, -0.05) is 18.2 Å². The molecule has 0 radical (unpaired) electrons. The van der Waals surface area contributed by atoms with E-state index in [1.807, 2.05) is 42.1 Å². The molecule has 2 aromatic heterocycles. The van der Waals surface area contributed by atoms with Gasteiger partial charge in [0.25, 0.3) is 0 Å². The molecule has 190 valence electrons. The Morgan fingerprint density at radius 3 is 2.59 bits per heavy atom. The number of fused-ring (bicyclic) bond motifs is 1. The highest BCUT2D eigenvalue weighted by Crippen LogP contribution is 2.40. The van der Waals surface area contributed by atoms with Gasteiger partial charge in [0, 0.05) is 68.2 Å². The van der Waals surface area contributed by atoms with E-state index in [2.05, 4.69) is 37.3 Å². The van der Waals surface area contributed by atoms with Gasteiger partial charge in [-0.3, -0.25) is 0 Å². The normalized spacial score (nSPS) is 14.1. The van der Waals surface area contributed by atoms with Crippen molar-refractivity contribution in [2.75, 3.05) is 50.6 Å². The molecule has 11 heteroatoms. The number of likely N-dealkylation sites (N-methyl/N-ethyl adjacent to an activating group) is 1. The number of carboxylic acids is 1. The highest BCUT2D eigenvalue weighted by atomic mass is 16.5. The molecule has 0 unspecified atom stereocenters. The fourth-order valence-corrected chi connectivity index (χ4v) is 4.65. The third-order valence-corrected chi connectivity index (χ3v) is 6.66. The van der Waals surface area contributed by atoms with Crippen molar-refractivity contribution in [2.45, 2.75) is 0 Å². The van der Waals surface area contributed by atoms with E-state index in [9.17, 15) is 14.8 Å². The number of carboxylic acid groups (broad SMARTS) is 1. The van der Waals surface area contributed by atoms with Gasteiger partial charge in [0.05, 0.1) is 24.2 Å². The molecule has 37 heavy (non-hydrogen) atoms. The third-order valence-electron chi connectivity index (χ3n) is 6.66. The van der Waals surface area contributed by atoms with Crippen LogP contribution < -0.4 is 15.0 Å². The number of para-hydroxylation sites is 1. The number of carbonyl (C=O) groups is 1. The number of methoxy groups -OCH3 is 1. The summed E-state index contributed by atoms with van der Waals surface area (Å²) in [6.07, 6.45) is 3.13. The fourth-order valence-electron chi connectivity index (χ4n) is 4.65. The van der Waals surface area contributed by atoms with Crippen LogP contribution in [0.2, 0.25) is 0 Å². The lowest BCUT2D eigenvalue weighted by molar-refractivity contribution is 0.0697. The Hall–Kier alpha value is -4.51. The molecular weight excluding hydrogens is 474 g/mol. The van der Waals surface area contributed by atoms with Crippen LogP contribution in [-0.2, 0) is 7.05 Å². The number of aryl methyl sites for hydroxylation is 1. The molecule has 11 nitrogen and oxygen atoms in total. The Kier molecular flexibility index (Phi) is 6.45. The van der Waals surface area contributed by atoms with Crippen LogP contribution in [0.5, 0.6) is 5.75 Å². The van der Waals surface area contributed by atoms with Crippen molar-refractivity contribution >= 4 is 39.9 Å². The summed E-state index contributed by atoms with van der Waals surface area (Å²) in [5, 5.41) is 17.1.